The number of hydrogen-bond acceptors (Lipinski definition) is 9. The fraction of sp³-hybridized carbons (Fsp3) is 0.273. The van der Waals surface area contributed by atoms with Gasteiger partial charge in [0.15, 0.2) is 0 Å². The first-order valence-corrected chi connectivity index (χ1v) is 14.9. The van der Waals surface area contributed by atoms with Gasteiger partial charge < -0.3 is 20.4 Å². The van der Waals surface area contributed by atoms with Gasteiger partial charge in [-0.1, -0.05) is 30.3 Å². The number of nitrogens with one attached hydrogen (secondary N) is 3. The summed E-state index contributed by atoms with van der Waals surface area (Å²) in [5.41, 5.74) is 3.28. The molecule has 0 spiro atoms. The third-order valence-electron chi connectivity index (χ3n) is 7.85. The number of pyridine rings is 1. The van der Waals surface area contributed by atoms with E-state index in [2.05, 4.69) is 37.1 Å². The van der Waals surface area contributed by atoms with Gasteiger partial charge in [0.1, 0.15) is 29.0 Å². The first-order chi connectivity index (χ1) is 22.1. The number of amides is 2. The van der Waals surface area contributed by atoms with Crippen LogP contribution in [0.3, 0.4) is 0 Å². The molecule has 1 aromatic carbocycles. The molecule has 45 heavy (non-hydrogen) atoms. The second-order valence-electron chi connectivity index (χ2n) is 11.0. The van der Waals surface area contributed by atoms with Crippen LogP contribution in [-0.2, 0) is 20.1 Å². The molecule has 4 aromatic heterocycles. The lowest BCUT2D eigenvalue weighted by atomic mass is 9.90. The molecule has 0 saturated heterocycles. The smallest absolute Gasteiger partial charge is 0.323 e. The number of hydrogen-bond donors (Lipinski definition) is 3. The Hall–Kier alpha value is -5.70. The maximum atomic E-state index is 13.7. The SMILES string of the molecule is Cn1cc(-c2ccc(N(C(=O)NCc3ccccc3)[C@H]3CC[C@H](Nc4ncc(C#N)c(NCc5ccco5)n4)CC3)nc2)cn1. The molecule has 6 rings (SSSR count). The highest BCUT2D eigenvalue weighted by Gasteiger charge is 2.31. The molecule has 1 aliphatic rings. The van der Waals surface area contributed by atoms with Crippen LogP contribution in [0.4, 0.5) is 22.4 Å². The number of rotatable bonds is 10. The van der Waals surface area contributed by atoms with Crippen molar-refractivity contribution in [1.82, 2.24) is 30.0 Å². The Bertz CT molecular complexity index is 1740. The third-order valence-corrected chi connectivity index (χ3v) is 7.85. The van der Waals surface area contributed by atoms with E-state index in [0.717, 1.165) is 48.1 Å². The van der Waals surface area contributed by atoms with Gasteiger partial charge in [-0.05, 0) is 55.5 Å². The van der Waals surface area contributed by atoms with Crippen molar-refractivity contribution in [2.75, 3.05) is 15.5 Å². The van der Waals surface area contributed by atoms with Crippen LogP contribution in [0.15, 0.2) is 90.1 Å². The average Bonchev–Trinajstić information content (AvgIpc) is 3.77. The summed E-state index contributed by atoms with van der Waals surface area (Å²) in [5, 5.41) is 23.5. The van der Waals surface area contributed by atoms with Gasteiger partial charge in [0, 0.05) is 49.2 Å². The van der Waals surface area contributed by atoms with E-state index in [9.17, 15) is 10.1 Å². The summed E-state index contributed by atoms with van der Waals surface area (Å²) < 4.78 is 7.13. The minimum Gasteiger partial charge on any atom is -0.467 e. The number of benzene rings is 1. The maximum Gasteiger partial charge on any atom is 0.323 e. The number of nitriles is 1. The van der Waals surface area contributed by atoms with Crippen molar-refractivity contribution in [3.05, 3.63) is 103 Å². The highest BCUT2D eigenvalue weighted by molar-refractivity contribution is 5.91. The van der Waals surface area contributed by atoms with Crippen LogP contribution in [0.25, 0.3) is 11.1 Å². The number of aromatic nitrogens is 5. The molecule has 3 N–H and O–H groups in total. The van der Waals surface area contributed by atoms with Crippen LogP contribution >= 0.6 is 0 Å². The molecule has 1 saturated carbocycles. The lowest BCUT2D eigenvalue weighted by Crippen LogP contribution is -2.49. The Balaban J connectivity index is 1.13. The summed E-state index contributed by atoms with van der Waals surface area (Å²) in [7, 11) is 1.88. The minimum atomic E-state index is -0.181. The zero-order chi connectivity index (χ0) is 31.0. The quantitative estimate of drug-likeness (QED) is 0.189. The molecule has 228 valence electrons. The summed E-state index contributed by atoms with van der Waals surface area (Å²) >= 11 is 0. The van der Waals surface area contributed by atoms with Crippen molar-refractivity contribution in [1.29, 1.82) is 5.26 Å². The largest absolute Gasteiger partial charge is 0.467 e. The lowest BCUT2D eigenvalue weighted by molar-refractivity contribution is 0.240. The Morgan fingerprint density at radius 3 is 2.53 bits per heavy atom. The topological polar surface area (TPSA) is 150 Å². The maximum absolute atomic E-state index is 13.7. The third kappa shape index (κ3) is 7.27. The molecule has 4 heterocycles. The summed E-state index contributed by atoms with van der Waals surface area (Å²) in [6.07, 6.45) is 11.8. The molecule has 1 aliphatic carbocycles. The van der Waals surface area contributed by atoms with Crippen LogP contribution in [-0.4, -0.2) is 42.8 Å². The fourth-order valence-corrected chi connectivity index (χ4v) is 5.50. The van der Waals surface area contributed by atoms with E-state index in [-0.39, 0.29) is 18.1 Å². The van der Waals surface area contributed by atoms with Crippen molar-refractivity contribution >= 4 is 23.6 Å². The van der Waals surface area contributed by atoms with Crippen molar-refractivity contribution in [3.63, 3.8) is 0 Å². The monoisotopic (exact) mass is 602 g/mol. The standard InChI is InChI=1S/C33H34N10O2/c1-42-22-26(20-39-42)24-9-14-30(35-18-24)43(33(44)38-17-23-6-3-2-4-7-23)28-12-10-27(11-13-28)40-32-37-19-25(16-34)31(41-32)36-21-29-8-5-15-45-29/h2-9,14-15,18-20,22,27-28H,10-13,17,21H2,1H3,(H,38,44)(H2,36,37,40,41)/t27-,28-. The minimum absolute atomic E-state index is 0.0389. The van der Waals surface area contributed by atoms with E-state index in [1.165, 1.54) is 6.20 Å². The van der Waals surface area contributed by atoms with Crippen molar-refractivity contribution < 1.29 is 9.21 Å². The van der Waals surface area contributed by atoms with E-state index in [1.807, 2.05) is 67.8 Å². The molecule has 0 radical (unpaired) electrons. The van der Waals surface area contributed by atoms with Crippen LogP contribution in [0.5, 0.6) is 0 Å². The van der Waals surface area contributed by atoms with Gasteiger partial charge in [0.2, 0.25) is 5.95 Å². The van der Waals surface area contributed by atoms with Crippen LogP contribution < -0.4 is 20.9 Å². The van der Waals surface area contributed by atoms with E-state index in [1.54, 1.807) is 28.2 Å². The Morgan fingerprint density at radius 1 is 1.00 bits per heavy atom. The number of aryl methyl sites for hydroxylation is 1. The van der Waals surface area contributed by atoms with Gasteiger partial charge in [-0.2, -0.15) is 15.3 Å². The first-order valence-electron chi connectivity index (χ1n) is 14.9. The van der Waals surface area contributed by atoms with E-state index >= 15 is 0 Å². The zero-order valence-corrected chi connectivity index (χ0v) is 24.9. The highest BCUT2D eigenvalue weighted by Crippen LogP contribution is 2.30. The molecule has 0 aliphatic heterocycles. The van der Waals surface area contributed by atoms with Gasteiger partial charge in [0.25, 0.3) is 0 Å². The van der Waals surface area contributed by atoms with Crippen LogP contribution in [0.1, 0.15) is 42.6 Å². The van der Waals surface area contributed by atoms with Gasteiger partial charge in [0.05, 0.1) is 25.2 Å². The molecule has 0 unspecified atom stereocenters. The highest BCUT2D eigenvalue weighted by atomic mass is 16.3. The fourth-order valence-electron chi connectivity index (χ4n) is 5.50. The molecule has 12 heteroatoms. The van der Waals surface area contributed by atoms with Crippen LogP contribution in [0.2, 0.25) is 0 Å². The molecule has 1 fully saturated rings. The summed E-state index contributed by atoms with van der Waals surface area (Å²) in [6.45, 7) is 0.829. The van der Waals surface area contributed by atoms with Crippen molar-refractivity contribution in [2.45, 2.75) is 50.9 Å². The summed E-state index contributed by atoms with van der Waals surface area (Å²) in [4.78, 5) is 29.1. The number of carbonyl (C=O) groups is 1. The molecular weight excluding hydrogens is 568 g/mol. The van der Waals surface area contributed by atoms with Crippen LogP contribution in [0, 0.1) is 11.3 Å². The number of anilines is 3. The normalized spacial score (nSPS) is 16.0. The predicted octanol–water partition coefficient (Wildman–Crippen LogP) is 5.49. The van der Waals surface area contributed by atoms with Crippen molar-refractivity contribution in [3.8, 4) is 17.2 Å². The molecule has 12 nitrogen and oxygen atoms in total. The molecule has 0 atom stereocenters. The second kappa shape index (κ2) is 13.7. The lowest BCUT2D eigenvalue weighted by Gasteiger charge is -2.36. The van der Waals surface area contributed by atoms with E-state index in [0.29, 0.717) is 36.2 Å². The molecule has 5 aromatic rings. The average molecular weight is 603 g/mol. The van der Waals surface area contributed by atoms with E-state index < -0.39 is 0 Å². The Labute approximate surface area is 261 Å². The number of carbonyl (C=O) groups excluding carboxylic acids is 1. The number of furan rings is 1. The second-order valence-corrected chi connectivity index (χ2v) is 11.0. The number of urea groups is 1. The Morgan fingerprint density at radius 2 is 1.84 bits per heavy atom. The molecule has 0 bridgehead atoms. The first kappa shape index (κ1) is 29.4. The number of nitrogens with zero attached hydrogens (tertiary/aromatic N) is 7. The van der Waals surface area contributed by atoms with Gasteiger partial charge >= 0.3 is 6.03 Å². The van der Waals surface area contributed by atoms with Crippen molar-refractivity contribution in [2.24, 2.45) is 7.05 Å². The summed E-state index contributed by atoms with van der Waals surface area (Å²) in [5.74, 6) is 2.24. The molecular formula is C33H34N10O2. The predicted molar refractivity (Wildman–Crippen MR) is 170 cm³/mol. The van der Waals surface area contributed by atoms with Gasteiger partial charge in [-0.3, -0.25) is 9.58 Å². The van der Waals surface area contributed by atoms with Gasteiger partial charge in [-0.15, -0.1) is 0 Å². The molecule has 2 amide bonds. The zero-order valence-electron chi connectivity index (χ0n) is 24.9. The van der Waals surface area contributed by atoms with Gasteiger partial charge in [-0.25, -0.2) is 14.8 Å². The van der Waals surface area contributed by atoms with E-state index in [4.69, 9.17) is 9.40 Å². The summed E-state index contributed by atoms with van der Waals surface area (Å²) in [6, 6.07) is 19.4. The Kier molecular flexibility index (Phi) is 8.96.